The van der Waals surface area contributed by atoms with Crippen molar-refractivity contribution in [1.82, 2.24) is 10.1 Å². The fraction of sp³-hybridized carbons (Fsp3) is 0.222. The topological polar surface area (TPSA) is 94.3 Å². The van der Waals surface area contributed by atoms with Crippen molar-refractivity contribution >= 4 is 15.7 Å². The molecule has 0 fully saturated rings. The molecule has 8 heteroatoms. The lowest BCUT2D eigenvalue weighted by Crippen LogP contribution is -2.14. The molecule has 2 heterocycles. The molecule has 0 atom stereocenters. The SMILES string of the molecule is Cc1noc(-c2ccc(NS(=O)(=O)c3ccc4c(c3)CCO4)c(C)c2)n1. The summed E-state index contributed by atoms with van der Waals surface area (Å²) < 4.78 is 38.7. The van der Waals surface area contributed by atoms with Gasteiger partial charge in [-0.3, -0.25) is 4.72 Å². The van der Waals surface area contributed by atoms with E-state index in [9.17, 15) is 8.42 Å². The molecule has 1 aromatic heterocycles. The molecular weight excluding hydrogens is 354 g/mol. The van der Waals surface area contributed by atoms with E-state index in [0.717, 1.165) is 28.9 Å². The second kappa shape index (κ2) is 6.14. The number of nitrogens with one attached hydrogen (secondary N) is 1. The van der Waals surface area contributed by atoms with Crippen LogP contribution in [0.1, 0.15) is 17.0 Å². The zero-order valence-corrected chi connectivity index (χ0v) is 15.1. The molecule has 0 aliphatic carbocycles. The number of anilines is 1. The summed E-state index contributed by atoms with van der Waals surface area (Å²) in [6.07, 6.45) is 0.718. The second-order valence-corrected chi connectivity index (χ2v) is 7.83. The Kier molecular flexibility index (Phi) is 3.91. The molecule has 0 amide bonds. The van der Waals surface area contributed by atoms with Crippen LogP contribution in [-0.2, 0) is 16.4 Å². The molecule has 0 saturated carbocycles. The number of sulfonamides is 1. The fourth-order valence-electron chi connectivity index (χ4n) is 2.86. The molecular formula is C18H17N3O4S. The van der Waals surface area contributed by atoms with Crippen molar-refractivity contribution in [1.29, 1.82) is 0 Å². The Morgan fingerprint density at radius 3 is 2.69 bits per heavy atom. The average Bonchev–Trinajstić information content (AvgIpc) is 3.24. The van der Waals surface area contributed by atoms with Crippen LogP contribution < -0.4 is 9.46 Å². The highest BCUT2D eigenvalue weighted by Gasteiger charge is 2.20. The molecule has 0 spiro atoms. The molecule has 0 unspecified atom stereocenters. The van der Waals surface area contributed by atoms with Crippen molar-refractivity contribution in [2.24, 2.45) is 0 Å². The van der Waals surface area contributed by atoms with E-state index in [1.807, 2.05) is 6.92 Å². The Morgan fingerprint density at radius 1 is 1.12 bits per heavy atom. The van der Waals surface area contributed by atoms with E-state index in [0.29, 0.717) is 24.0 Å². The number of aromatic nitrogens is 2. The maximum atomic E-state index is 12.7. The van der Waals surface area contributed by atoms with Gasteiger partial charge in [-0.1, -0.05) is 5.16 Å². The van der Waals surface area contributed by atoms with E-state index in [2.05, 4.69) is 14.9 Å². The Balaban J connectivity index is 1.62. The van der Waals surface area contributed by atoms with Crippen LogP contribution in [0, 0.1) is 13.8 Å². The lowest BCUT2D eigenvalue weighted by Gasteiger charge is -2.12. The van der Waals surface area contributed by atoms with Crippen LogP contribution in [0.3, 0.4) is 0 Å². The molecule has 1 aliphatic heterocycles. The third-order valence-corrected chi connectivity index (χ3v) is 5.58. The van der Waals surface area contributed by atoms with Crippen LogP contribution in [-0.4, -0.2) is 25.2 Å². The summed E-state index contributed by atoms with van der Waals surface area (Å²) in [6.45, 7) is 4.15. The van der Waals surface area contributed by atoms with E-state index in [1.165, 1.54) is 0 Å². The molecule has 1 N–H and O–H groups in total. The van der Waals surface area contributed by atoms with Gasteiger partial charge in [0.1, 0.15) is 5.75 Å². The Morgan fingerprint density at radius 2 is 1.96 bits per heavy atom. The molecule has 7 nitrogen and oxygen atoms in total. The first kappa shape index (κ1) is 16.6. The quantitative estimate of drug-likeness (QED) is 0.757. The predicted molar refractivity (Wildman–Crippen MR) is 95.7 cm³/mol. The van der Waals surface area contributed by atoms with Crippen LogP contribution >= 0.6 is 0 Å². The average molecular weight is 371 g/mol. The number of hydrogen-bond donors (Lipinski definition) is 1. The number of benzene rings is 2. The monoisotopic (exact) mass is 371 g/mol. The minimum atomic E-state index is -3.69. The highest BCUT2D eigenvalue weighted by Crippen LogP contribution is 2.29. The molecule has 26 heavy (non-hydrogen) atoms. The van der Waals surface area contributed by atoms with Crippen LogP contribution in [0.5, 0.6) is 5.75 Å². The maximum absolute atomic E-state index is 12.7. The first-order chi connectivity index (χ1) is 12.4. The number of aryl methyl sites for hydroxylation is 2. The zero-order chi connectivity index (χ0) is 18.3. The van der Waals surface area contributed by atoms with E-state index in [4.69, 9.17) is 9.26 Å². The van der Waals surface area contributed by atoms with Crippen LogP contribution in [0.2, 0.25) is 0 Å². The van der Waals surface area contributed by atoms with Gasteiger partial charge in [0.25, 0.3) is 15.9 Å². The van der Waals surface area contributed by atoms with Gasteiger partial charge in [0.2, 0.25) is 0 Å². The molecule has 0 saturated heterocycles. The molecule has 2 aromatic carbocycles. The van der Waals surface area contributed by atoms with Crippen molar-refractivity contribution in [2.75, 3.05) is 11.3 Å². The van der Waals surface area contributed by atoms with Gasteiger partial charge >= 0.3 is 0 Å². The maximum Gasteiger partial charge on any atom is 0.261 e. The third kappa shape index (κ3) is 3.03. The Bertz CT molecular complexity index is 1090. The first-order valence-corrected chi connectivity index (χ1v) is 9.60. The summed E-state index contributed by atoms with van der Waals surface area (Å²) in [5.74, 6) is 1.70. The number of hydrogen-bond acceptors (Lipinski definition) is 6. The number of rotatable bonds is 4. The van der Waals surface area contributed by atoms with E-state index in [1.54, 1.807) is 43.3 Å². The summed E-state index contributed by atoms with van der Waals surface area (Å²) in [7, 11) is -3.69. The smallest absolute Gasteiger partial charge is 0.261 e. The first-order valence-electron chi connectivity index (χ1n) is 8.12. The van der Waals surface area contributed by atoms with Crippen molar-refractivity contribution in [3.8, 4) is 17.2 Å². The highest BCUT2D eigenvalue weighted by molar-refractivity contribution is 7.92. The standard InChI is InChI=1S/C18H17N3O4S/c1-11-9-14(18-19-12(2)20-25-18)3-5-16(11)21-26(22,23)15-4-6-17-13(10-15)7-8-24-17/h3-6,9-10,21H,7-8H2,1-2H3. The number of fused-ring (bicyclic) bond motifs is 1. The normalized spacial score (nSPS) is 13.3. The lowest BCUT2D eigenvalue weighted by atomic mass is 10.1. The molecule has 0 bridgehead atoms. The van der Waals surface area contributed by atoms with Crippen molar-refractivity contribution in [3.05, 3.63) is 53.3 Å². The van der Waals surface area contributed by atoms with Gasteiger partial charge in [-0.15, -0.1) is 0 Å². The fourth-order valence-corrected chi connectivity index (χ4v) is 4.04. The zero-order valence-electron chi connectivity index (χ0n) is 14.3. The predicted octanol–water partition coefficient (Wildman–Crippen LogP) is 3.09. The lowest BCUT2D eigenvalue weighted by molar-refractivity contribution is 0.356. The Hall–Kier alpha value is -2.87. The van der Waals surface area contributed by atoms with Crippen LogP contribution in [0.15, 0.2) is 45.8 Å². The van der Waals surface area contributed by atoms with Gasteiger partial charge in [-0.05, 0) is 61.4 Å². The van der Waals surface area contributed by atoms with Crippen molar-refractivity contribution in [3.63, 3.8) is 0 Å². The molecule has 134 valence electrons. The highest BCUT2D eigenvalue weighted by atomic mass is 32.2. The summed E-state index contributed by atoms with van der Waals surface area (Å²) in [5, 5.41) is 3.76. The minimum absolute atomic E-state index is 0.220. The van der Waals surface area contributed by atoms with E-state index < -0.39 is 10.0 Å². The third-order valence-electron chi connectivity index (χ3n) is 4.22. The summed E-state index contributed by atoms with van der Waals surface area (Å²) in [5.41, 5.74) is 2.90. The molecule has 1 aliphatic rings. The van der Waals surface area contributed by atoms with Gasteiger partial charge in [-0.25, -0.2) is 8.42 Å². The van der Waals surface area contributed by atoms with Gasteiger partial charge in [-0.2, -0.15) is 4.98 Å². The van der Waals surface area contributed by atoms with Crippen LogP contribution in [0.4, 0.5) is 5.69 Å². The second-order valence-electron chi connectivity index (χ2n) is 6.15. The van der Waals surface area contributed by atoms with E-state index >= 15 is 0 Å². The largest absolute Gasteiger partial charge is 0.493 e. The minimum Gasteiger partial charge on any atom is -0.493 e. The molecule has 4 rings (SSSR count). The number of nitrogens with zero attached hydrogens (tertiary/aromatic N) is 2. The summed E-state index contributed by atoms with van der Waals surface area (Å²) in [6, 6.07) is 10.2. The summed E-state index contributed by atoms with van der Waals surface area (Å²) in [4.78, 5) is 4.40. The Labute approximate surface area is 151 Å². The van der Waals surface area contributed by atoms with Gasteiger partial charge < -0.3 is 9.26 Å². The van der Waals surface area contributed by atoms with E-state index in [-0.39, 0.29) is 4.90 Å². The summed E-state index contributed by atoms with van der Waals surface area (Å²) >= 11 is 0. The molecule has 0 radical (unpaired) electrons. The number of ether oxygens (including phenoxy) is 1. The molecule has 3 aromatic rings. The van der Waals surface area contributed by atoms with Crippen molar-refractivity contribution < 1.29 is 17.7 Å². The van der Waals surface area contributed by atoms with Gasteiger partial charge in [0, 0.05) is 12.0 Å². The van der Waals surface area contributed by atoms with Gasteiger partial charge in [0.05, 0.1) is 17.2 Å². The van der Waals surface area contributed by atoms with Crippen molar-refractivity contribution in [2.45, 2.75) is 25.2 Å². The van der Waals surface area contributed by atoms with Crippen LogP contribution in [0.25, 0.3) is 11.5 Å². The van der Waals surface area contributed by atoms with Gasteiger partial charge in [0.15, 0.2) is 5.82 Å².